The quantitative estimate of drug-likeness (QED) is 0.245. The summed E-state index contributed by atoms with van der Waals surface area (Å²) in [6.07, 6.45) is 4.08. The summed E-state index contributed by atoms with van der Waals surface area (Å²) in [5.41, 5.74) is 2.70. The molecule has 0 aliphatic heterocycles. The summed E-state index contributed by atoms with van der Waals surface area (Å²) in [4.78, 5) is 36.7. The maximum absolute atomic E-state index is 13.0. The number of unbranched alkanes of at least 4 members (excludes halogenated alkanes) is 2. The van der Waals surface area contributed by atoms with Crippen LogP contribution in [-0.2, 0) is 20.7 Å². The van der Waals surface area contributed by atoms with E-state index in [-0.39, 0.29) is 17.3 Å². The van der Waals surface area contributed by atoms with Gasteiger partial charge in [0.2, 0.25) is 0 Å². The van der Waals surface area contributed by atoms with E-state index in [0.717, 1.165) is 30.4 Å². The second-order valence-electron chi connectivity index (χ2n) is 6.62. The fourth-order valence-electron chi connectivity index (χ4n) is 3.31. The average molecular weight is 342 g/mol. The van der Waals surface area contributed by atoms with Crippen LogP contribution in [0.2, 0.25) is 0 Å². The van der Waals surface area contributed by atoms with E-state index in [2.05, 4.69) is 6.92 Å². The summed E-state index contributed by atoms with van der Waals surface area (Å²) in [5, 5.41) is 0. The maximum Gasteiger partial charge on any atom is 0.177 e. The molecule has 0 amide bonds. The molecule has 0 radical (unpaired) electrons. The lowest BCUT2D eigenvalue weighted by molar-refractivity contribution is -0.128. The largest absolute Gasteiger partial charge is 0.500 e. The van der Waals surface area contributed by atoms with Gasteiger partial charge in [-0.05, 0) is 43.9 Å². The number of Topliss-reactive ketones (excluding diaryl/α,β-unsaturated/α-hetero) is 3. The van der Waals surface area contributed by atoms with Gasteiger partial charge in [0.1, 0.15) is 11.5 Å². The van der Waals surface area contributed by atoms with Crippen molar-refractivity contribution >= 4 is 22.9 Å². The summed E-state index contributed by atoms with van der Waals surface area (Å²) in [6, 6.07) is 5.38. The predicted molar refractivity (Wildman–Crippen MR) is 97.4 cm³/mol. The van der Waals surface area contributed by atoms with Crippen molar-refractivity contribution < 1.29 is 19.1 Å². The Morgan fingerprint density at radius 3 is 2.48 bits per heavy atom. The molecule has 1 aromatic carbocycles. The Labute approximate surface area is 149 Å². The number of carbonyl (C=O) groups excluding carboxylic acids is 3. The number of allylic oxidation sites excluding steroid dienone is 2. The minimum Gasteiger partial charge on any atom is -0.500 e. The van der Waals surface area contributed by atoms with Gasteiger partial charge in [0.25, 0.3) is 0 Å². The molecule has 0 saturated carbocycles. The first-order valence-electron chi connectivity index (χ1n) is 8.86. The molecule has 4 nitrogen and oxygen atoms in total. The first-order valence-corrected chi connectivity index (χ1v) is 8.86. The van der Waals surface area contributed by atoms with Crippen molar-refractivity contribution in [3.05, 3.63) is 40.6 Å². The van der Waals surface area contributed by atoms with Crippen LogP contribution in [0.15, 0.2) is 24.0 Å². The molecule has 1 aliphatic carbocycles. The SMILES string of the molecule is CCCCC/C(OC)=C1/C(=O)C(C(C)=O)Cc2ccc(C(C)=O)cc21. The number of hydrogen-bond acceptors (Lipinski definition) is 4. The molecule has 0 N–H and O–H groups in total. The highest BCUT2D eigenvalue weighted by molar-refractivity contribution is 6.29. The smallest absolute Gasteiger partial charge is 0.177 e. The van der Waals surface area contributed by atoms with Crippen LogP contribution in [0.1, 0.15) is 67.9 Å². The van der Waals surface area contributed by atoms with Crippen molar-refractivity contribution in [2.24, 2.45) is 5.92 Å². The fourth-order valence-corrected chi connectivity index (χ4v) is 3.31. The first kappa shape index (κ1) is 19.1. The Morgan fingerprint density at radius 2 is 1.92 bits per heavy atom. The zero-order valence-corrected chi connectivity index (χ0v) is 15.5. The normalized spacial score (nSPS) is 18.6. The molecule has 1 aromatic rings. The lowest BCUT2D eigenvalue weighted by Crippen LogP contribution is -2.31. The molecule has 1 aliphatic rings. The Kier molecular flexibility index (Phi) is 6.29. The van der Waals surface area contributed by atoms with E-state index < -0.39 is 5.92 Å². The Hall–Kier alpha value is -2.23. The number of carbonyl (C=O) groups is 3. The van der Waals surface area contributed by atoms with E-state index in [4.69, 9.17) is 4.74 Å². The first-order chi connectivity index (χ1) is 11.9. The van der Waals surface area contributed by atoms with E-state index in [1.54, 1.807) is 19.2 Å². The van der Waals surface area contributed by atoms with E-state index >= 15 is 0 Å². The molecule has 1 unspecified atom stereocenters. The number of hydrogen-bond donors (Lipinski definition) is 0. The van der Waals surface area contributed by atoms with E-state index in [1.165, 1.54) is 13.8 Å². The molecule has 0 aromatic heterocycles. The van der Waals surface area contributed by atoms with Crippen LogP contribution in [-0.4, -0.2) is 24.5 Å². The molecular weight excluding hydrogens is 316 g/mol. The molecule has 0 fully saturated rings. The average Bonchev–Trinajstić information content (AvgIpc) is 2.58. The monoisotopic (exact) mass is 342 g/mol. The van der Waals surface area contributed by atoms with Crippen LogP contribution in [0.25, 0.3) is 5.57 Å². The lowest BCUT2D eigenvalue weighted by Gasteiger charge is -2.26. The summed E-state index contributed by atoms with van der Waals surface area (Å²) in [5.74, 6) is -0.413. The van der Waals surface area contributed by atoms with Crippen molar-refractivity contribution in [3.63, 3.8) is 0 Å². The summed E-state index contributed by atoms with van der Waals surface area (Å²) >= 11 is 0. The maximum atomic E-state index is 13.0. The van der Waals surface area contributed by atoms with Crippen molar-refractivity contribution in [1.29, 1.82) is 0 Å². The highest BCUT2D eigenvalue weighted by Crippen LogP contribution is 2.36. The van der Waals surface area contributed by atoms with Crippen molar-refractivity contribution in [1.82, 2.24) is 0 Å². The molecule has 25 heavy (non-hydrogen) atoms. The molecule has 2 rings (SSSR count). The molecule has 134 valence electrons. The zero-order valence-electron chi connectivity index (χ0n) is 15.5. The molecule has 0 bridgehead atoms. The van der Waals surface area contributed by atoms with Crippen molar-refractivity contribution in [2.75, 3.05) is 7.11 Å². The molecule has 0 saturated heterocycles. The number of ether oxygens (including phenoxy) is 1. The van der Waals surface area contributed by atoms with Gasteiger partial charge in [0.15, 0.2) is 11.6 Å². The number of rotatable bonds is 7. The van der Waals surface area contributed by atoms with Gasteiger partial charge in [-0.2, -0.15) is 0 Å². The summed E-state index contributed by atoms with van der Waals surface area (Å²) < 4.78 is 5.55. The van der Waals surface area contributed by atoms with E-state index in [1.807, 2.05) is 6.07 Å². The van der Waals surface area contributed by atoms with Gasteiger partial charge in [-0.3, -0.25) is 14.4 Å². The van der Waals surface area contributed by atoms with Gasteiger partial charge in [0, 0.05) is 12.0 Å². The predicted octanol–water partition coefficient (Wildman–Crippen LogP) is 4.16. The van der Waals surface area contributed by atoms with Crippen molar-refractivity contribution in [3.8, 4) is 0 Å². The zero-order chi connectivity index (χ0) is 18.6. The second-order valence-corrected chi connectivity index (χ2v) is 6.62. The van der Waals surface area contributed by atoms with E-state index in [0.29, 0.717) is 29.7 Å². The Balaban J connectivity index is 2.61. The molecule has 1 atom stereocenters. The van der Waals surface area contributed by atoms with Gasteiger partial charge in [0.05, 0.1) is 18.6 Å². The van der Waals surface area contributed by atoms with Crippen LogP contribution in [0, 0.1) is 5.92 Å². The molecule has 0 spiro atoms. The minimum atomic E-state index is -0.665. The summed E-state index contributed by atoms with van der Waals surface area (Å²) in [6.45, 7) is 5.08. The number of benzene rings is 1. The van der Waals surface area contributed by atoms with Crippen molar-refractivity contribution in [2.45, 2.75) is 52.9 Å². The van der Waals surface area contributed by atoms with Gasteiger partial charge < -0.3 is 4.74 Å². The van der Waals surface area contributed by atoms with Crippen LogP contribution in [0.4, 0.5) is 0 Å². The highest BCUT2D eigenvalue weighted by Gasteiger charge is 2.36. The third-order valence-corrected chi connectivity index (χ3v) is 4.80. The Bertz CT molecular complexity index is 727. The second kappa shape index (κ2) is 8.24. The van der Waals surface area contributed by atoms with Crippen LogP contribution in [0.3, 0.4) is 0 Å². The van der Waals surface area contributed by atoms with Gasteiger partial charge in [-0.25, -0.2) is 0 Å². The minimum absolute atomic E-state index is 0.0479. The standard InChI is InChI=1S/C21H26O4/c1-5-6-7-8-19(25-4)20-18-11-15(13(2)22)9-10-16(18)12-17(14(3)23)21(20)24/h9-11,17H,5-8,12H2,1-4H3/b20-19-. The summed E-state index contributed by atoms with van der Waals surface area (Å²) in [7, 11) is 1.56. The number of ketones is 3. The number of methoxy groups -OCH3 is 1. The van der Waals surface area contributed by atoms with Crippen LogP contribution in [0.5, 0.6) is 0 Å². The van der Waals surface area contributed by atoms with E-state index in [9.17, 15) is 14.4 Å². The highest BCUT2D eigenvalue weighted by atomic mass is 16.5. The third kappa shape index (κ3) is 4.06. The fraction of sp³-hybridized carbons (Fsp3) is 0.476. The molecular formula is C21H26O4. The van der Waals surface area contributed by atoms with Gasteiger partial charge in [-0.1, -0.05) is 31.9 Å². The molecule has 4 heteroatoms. The van der Waals surface area contributed by atoms with Crippen LogP contribution >= 0.6 is 0 Å². The lowest BCUT2D eigenvalue weighted by atomic mass is 9.76. The van der Waals surface area contributed by atoms with Crippen LogP contribution < -0.4 is 0 Å². The van der Waals surface area contributed by atoms with Gasteiger partial charge in [-0.15, -0.1) is 0 Å². The van der Waals surface area contributed by atoms with Gasteiger partial charge >= 0.3 is 0 Å². The third-order valence-electron chi connectivity index (χ3n) is 4.80. The Morgan fingerprint density at radius 1 is 1.20 bits per heavy atom. The topological polar surface area (TPSA) is 60.4 Å². The number of fused-ring (bicyclic) bond motifs is 1. The molecule has 0 heterocycles.